The first kappa shape index (κ1) is 66.3. The van der Waals surface area contributed by atoms with E-state index in [-0.39, 0.29) is 64.1 Å². The van der Waals surface area contributed by atoms with E-state index in [4.69, 9.17) is 37.0 Å². The molecule has 1 fully saturated rings. The van der Waals surface area contributed by atoms with Crippen LogP contribution in [0.5, 0.6) is 0 Å². The predicted octanol–water partition coefficient (Wildman–Crippen LogP) is 15.8. The van der Waals surface area contributed by atoms with Crippen LogP contribution in [0.1, 0.15) is 137 Å². The molecule has 2 aromatic rings. The first-order valence-corrected chi connectivity index (χ1v) is 40.3. The third-order valence-corrected chi connectivity index (χ3v) is 31.9. The van der Waals surface area contributed by atoms with Gasteiger partial charge in [-0.25, -0.2) is 0 Å². The smallest absolute Gasteiger partial charge is 0.192 e. The minimum atomic E-state index is -2.37. The normalized spacial score (nSPS) is 21.2. The maximum atomic E-state index is 14.4. The fraction of sp³-hybridized carbons (Fsp3) is 0.733. The molecule has 10 nitrogen and oxygen atoms in total. The minimum absolute atomic E-state index is 0.0287. The molecule has 0 spiro atoms. The number of carbonyl (C=O) groups excluding carboxylic acids is 2. The molecule has 0 unspecified atom stereocenters. The molecule has 0 amide bonds. The molecule has 0 aliphatic carbocycles. The molecule has 2 aromatic carbocycles. The summed E-state index contributed by atoms with van der Waals surface area (Å²) in [7, 11) is -6.63. The predicted molar refractivity (Wildman–Crippen MR) is 316 cm³/mol. The van der Waals surface area contributed by atoms with Gasteiger partial charge in [-0.15, -0.1) is 6.58 Å². The summed E-state index contributed by atoms with van der Waals surface area (Å²) in [6.45, 7) is 48.8. The van der Waals surface area contributed by atoms with Gasteiger partial charge >= 0.3 is 0 Å². The van der Waals surface area contributed by atoms with E-state index in [0.29, 0.717) is 70.3 Å². The van der Waals surface area contributed by atoms with E-state index in [1.54, 1.807) is 7.11 Å². The van der Waals surface area contributed by atoms with Crippen molar-refractivity contribution in [3.63, 3.8) is 0 Å². The van der Waals surface area contributed by atoms with Crippen molar-refractivity contribution in [1.82, 2.24) is 0 Å². The summed E-state index contributed by atoms with van der Waals surface area (Å²) in [4.78, 5) is 28.5. The Balaban J connectivity index is 2.02. The van der Waals surface area contributed by atoms with Gasteiger partial charge < -0.3 is 37.0 Å². The van der Waals surface area contributed by atoms with E-state index >= 15 is 0 Å². The van der Waals surface area contributed by atoms with Crippen molar-refractivity contribution in [2.24, 2.45) is 11.8 Å². The van der Waals surface area contributed by atoms with E-state index in [1.807, 2.05) is 61.5 Å². The zero-order valence-corrected chi connectivity index (χ0v) is 54.4. The third-order valence-electron chi connectivity index (χ3n) is 16.7. The summed E-state index contributed by atoms with van der Waals surface area (Å²) in [6.07, 6.45) is 3.92. The first-order chi connectivity index (χ1) is 34.1. The molecular formula is C60H106O10Si4. The largest absolute Gasteiger partial charge is 0.414 e. The maximum absolute atomic E-state index is 14.4. The second kappa shape index (κ2) is 28.3. The van der Waals surface area contributed by atoms with Crippen molar-refractivity contribution in [3.05, 3.63) is 84.4 Å². The lowest BCUT2D eigenvalue weighted by Crippen LogP contribution is -2.58. The number of hydrogen-bond acceptors (Lipinski definition) is 10. The standard InChI is InChI=1S/C60H106O10Si4/c1-22-51-53(40-50(66-45-64-37-38-71(13,14)15)44-65-43-46-31-26-24-27-32-46)67-60(63-12,42-55(51)70-74(20,21)59(9,10)11)41-49(68-72(16,17)57(3,4)5)36-30-35-48(61)39-54(69-73(18,19)58(6,7)8)52(23-2)56(62)47-33-28-25-29-34-47/h22,24-29,31-34,49-55H,1,23,30,35-45H2,2-21H3/t49-,50+,51-,52-,53-,54+,55-,60-/m0/s1. The molecule has 0 radical (unpaired) electrons. The number of methoxy groups -OCH3 is 1. The van der Waals surface area contributed by atoms with Gasteiger partial charge in [0.1, 0.15) is 12.6 Å². The molecule has 0 N–H and O–H groups in total. The third kappa shape index (κ3) is 20.7. The second-order valence-corrected chi connectivity index (χ2v) is 47.0. The van der Waals surface area contributed by atoms with E-state index in [2.05, 4.69) is 140 Å². The molecule has 422 valence electrons. The fourth-order valence-corrected chi connectivity index (χ4v) is 13.6. The van der Waals surface area contributed by atoms with Gasteiger partial charge in [0.25, 0.3) is 0 Å². The van der Waals surface area contributed by atoms with Crippen LogP contribution in [0.15, 0.2) is 73.3 Å². The van der Waals surface area contributed by atoms with Crippen molar-refractivity contribution >= 4 is 44.6 Å². The second-order valence-electron chi connectivity index (χ2n) is 27.1. The Morgan fingerprint density at radius 1 is 0.784 bits per heavy atom. The van der Waals surface area contributed by atoms with Crippen LogP contribution in [0.2, 0.25) is 80.1 Å². The summed E-state index contributed by atoms with van der Waals surface area (Å²) in [5, 5.41) is -0.219. The van der Waals surface area contributed by atoms with Crippen molar-refractivity contribution in [1.29, 1.82) is 0 Å². The molecule has 8 atom stereocenters. The Morgan fingerprint density at radius 3 is 1.88 bits per heavy atom. The monoisotopic (exact) mass is 1100 g/mol. The lowest BCUT2D eigenvalue weighted by atomic mass is 9.83. The van der Waals surface area contributed by atoms with E-state index in [1.165, 1.54) is 0 Å². The van der Waals surface area contributed by atoms with Crippen LogP contribution in [0.3, 0.4) is 0 Å². The molecular weight excluding hydrogens is 993 g/mol. The van der Waals surface area contributed by atoms with Crippen molar-refractivity contribution in [2.45, 2.75) is 244 Å². The van der Waals surface area contributed by atoms with Crippen LogP contribution in [0, 0.1) is 11.8 Å². The summed E-state index contributed by atoms with van der Waals surface area (Å²) < 4.78 is 55.0. The number of benzene rings is 2. The molecule has 1 saturated heterocycles. The van der Waals surface area contributed by atoms with Crippen molar-refractivity contribution < 1.29 is 46.6 Å². The highest BCUT2D eigenvalue weighted by atomic mass is 28.4. The molecule has 0 saturated carbocycles. The molecule has 1 heterocycles. The number of carbonyl (C=O) groups is 2. The molecule has 0 aromatic heterocycles. The quantitative estimate of drug-likeness (QED) is 0.0231. The van der Waals surface area contributed by atoms with Gasteiger partial charge in [0.15, 0.2) is 36.5 Å². The van der Waals surface area contributed by atoms with Gasteiger partial charge in [0.2, 0.25) is 0 Å². The van der Waals surface area contributed by atoms with Gasteiger partial charge in [-0.1, -0.05) is 156 Å². The zero-order chi connectivity index (χ0) is 56.0. The Hall–Kier alpha value is -1.93. The zero-order valence-electron chi connectivity index (χ0n) is 50.4. The van der Waals surface area contributed by atoms with Gasteiger partial charge in [0, 0.05) is 71.3 Å². The molecule has 3 rings (SSSR count). The summed E-state index contributed by atoms with van der Waals surface area (Å²) in [5.74, 6) is -1.57. The molecule has 0 bridgehead atoms. The Kier molecular flexibility index (Phi) is 25.4. The number of ketones is 2. The van der Waals surface area contributed by atoms with Gasteiger partial charge in [-0.05, 0) is 85.3 Å². The number of Topliss-reactive ketones (excluding diaryl/α,β-unsaturated/α-hetero) is 2. The summed E-state index contributed by atoms with van der Waals surface area (Å²) >= 11 is 0. The molecule has 1 aliphatic rings. The van der Waals surface area contributed by atoms with Crippen molar-refractivity contribution in [2.75, 3.05) is 27.1 Å². The van der Waals surface area contributed by atoms with Crippen LogP contribution < -0.4 is 0 Å². The van der Waals surface area contributed by atoms with Crippen LogP contribution in [0.25, 0.3) is 0 Å². The topological polar surface area (TPSA) is 108 Å². The average molecular weight is 1100 g/mol. The fourth-order valence-electron chi connectivity index (χ4n) is 8.77. The highest BCUT2D eigenvalue weighted by Crippen LogP contribution is 2.47. The molecule has 1 aliphatic heterocycles. The lowest BCUT2D eigenvalue weighted by Gasteiger charge is -2.52. The lowest BCUT2D eigenvalue weighted by molar-refractivity contribution is -0.308. The first-order valence-electron chi connectivity index (χ1n) is 27.9. The SMILES string of the molecule is C=C[C@H]1[C@H](C[C@H](COCc2ccccc2)OCOCC[Si](C)(C)C)O[C@](C[C@H](CCCC(=O)C[C@@H](O[Si](C)(C)C(C)(C)C)[C@H](CC)C(=O)c2ccccc2)O[Si](C)(C)C(C)(C)C)(OC)C[C@@H]1O[Si](C)(C)C(C)(C)C. The van der Waals surface area contributed by atoms with Gasteiger partial charge in [0.05, 0.1) is 43.7 Å². The Morgan fingerprint density at radius 2 is 1.35 bits per heavy atom. The minimum Gasteiger partial charge on any atom is -0.414 e. The summed E-state index contributed by atoms with van der Waals surface area (Å²) in [5.41, 5.74) is 1.74. The van der Waals surface area contributed by atoms with Gasteiger partial charge in [-0.2, -0.15) is 0 Å². The van der Waals surface area contributed by atoms with Crippen LogP contribution in [-0.2, 0) is 48.4 Å². The number of hydrogen-bond donors (Lipinski definition) is 0. The summed E-state index contributed by atoms with van der Waals surface area (Å²) in [6, 6.07) is 20.7. The highest BCUT2D eigenvalue weighted by molar-refractivity contribution is 6.76. The maximum Gasteiger partial charge on any atom is 0.192 e. The van der Waals surface area contributed by atoms with Crippen LogP contribution >= 0.6 is 0 Å². The van der Waals surface area contributed by atoms with Crippen LogP contribution in [0.4, 0.5) is 0 Å². The van der Waals surface area contributed by atoms with E-state index < -0.39 is 56.9 Å². The number of rotatable bonds is 32. The number of ether oxygens (including phenoxy) is 5. The van der Waals surface area contributed by atoms with E-state index in [0.717, 1.165) is 11.6 Å². The van der Waals surface area contributed by atoms with Crippen molar-refractivity contribution in [3.8, 4) is 0 Å². The Labute approximate surface area is 455 Å². The average Bonchev–Trinajstić information content (AvgIpc) is 3.27. The molecule has 74 heavy (non-hydrogen) atoms. The molecule has 14 heteroatoms. The van der Waals surface area contributed by atoms with Crippen LogP contribution in [-0.4, -0.2) is 108 Å². The highest BCUT2D eigenvalue weighted by Gasteiger charge is 2.53. The Bertz CT molecular complexity index is 1990. The van der Waals surface area contributed by atoms with E-state index in [9.17, 15) is 9.59 Å². The van der Waals surface area contributed by atoms with Gasteiger partial charge in [-0.3, -0.25) is 9.59 Å².